The summed E-state index contributed by atoms with van der Waals surface area (Å²) in [4.78, 5) is 11.4. The third-order valence-electron chi connectivity index (χ3n) is 4.92. The molecular weight excluding hydrogens is 262 g/mol. The first-order chi connectivity index (χ1) is 10.3. The predicted octanol–water partition coefficient (Wildman–Crippen LogP) is 2.11. The SMILES string of the molecule is CCNC(=NCCn1ccnc1)N1CCC2(CCCC2)C1. The van der Waals surface area contributed by atoms with Crippen LogP contribution < -0.4 is 5.32 Å². The maximum absolute atomic E-state index is 4.81. The predicted molar refractivity (Wildman–Crippen MR) is 85.3 cm³/mol. The number of guanidine groups is 1. The van der Waals surface area contributed by atoms with Gasteiger partial charge in [-0.15, -0.1) is 0 Å². The number of likely N-dealkylation sites (tertiary alicyclic amines) is 1. The van der Waals surface area contributed by atoms with E-state index in [2.05, 4.69) is 26.7 Å². The van der Waals surface area contributed by atoms with Crippen molar-refractivity contribution in [2.75, 3.05) is 26.2 Å². The second-order valence-corrected chi connectivity index (χ2v) is 6.41. The lowest BCUT2D eigenvalue weighted by atomic mass is 9.86. The van der Waals surface area contributed by atoms with E-state index in [1.165, 1.54) is 38.6 Å². The average Bonchev–Trinajstić information content (AvgIpc) is 3.22. The molecule has 1 saturated heterocycles. The summed E-state index contributed by atoms with van der Waals surface area (Å²) < 4.78 is 2.08. The number of hydrogen-bond donors (Lipinski definition) is 1. The summed E-state index contributed by atoms with van der Waals surface area (Å²) in [6, 6.07) is 0. The third-order valence-corrected chi connectivity index (χ3v) is 4.92. The van der Waals surface area contributed by atoms with E-state index >= 15 is 0 Å². The van der Waals surface area contributed by atoms with Crippen molar-refractivity contribution in [3.05, 3.63) is 18.7 Å². The van der Waals surface area contributed by atoms with Crippen LogP contribution in [-0.2, 0) is 6.54 Å². The number of imidazole rings is 1. The topological polar surface area (TPSA) is 45.5 Å². The first kappa shape index (κ1) is 14.4. The molecule has 21 heavy (non-hydrogen) atoms. The molecule has 116 valence electrons. The number of rotatable bonds is 4. The molecule has 5 nitrogen and oxygen atoms in total. The van der Waals surface area contributed by atoms with Gasteiger partial charge in [-0.1, -0.05) is 12.8 Å². The largest absolute Gasteiger partial charge is 0.357 e. The minimum Gasteiger partial charge on any atom is -0.357 e. The maximum Gasteiger partial charge on any atom is 0.193 e. The van der Waals surface area contributed by atoms with Gasteiger partial charge in [-0.2, -0.15) is 0 Å². The van der Waals surface area contributed by atoms with Gasteiger partial charge in [0.15, 0.2) is 5.96 Å². The van der Waals surface area contributed by atoms with Crippen molar-refractivity contribution in [1.29, 1.82) is 0 Å². The van der Waals surface area contributed by atoms with Gasteiger partial charge in [-0.25, -0.2) is 4.98 Å². The normalized spacial score (nSPS) is 21.4. The van der Waals surface area contributed by atoms with Crippen LogP contribution in [0.1, 0.15) is 39.0 Å². The molecule has 1 aromatic heterocycles. The van der Waals surface area contributed by atoms with Crippen molar-refractivity contribution < 1.29 is 0 Å². The molecule has 0 aromatic carbocycles. The van der Waals surface area contributed by atoms with Crippen LogP contribution in [0.3, 0.4) is 0 Å². The lowest BCUT2D eigenvalue weighted by molar-refractivity contribution is 0.309. The van der Waals surface area contributed by atoms with Gasteiger partial charge in [-0.05, 0) is 31.6 Å². The zero-order chi connectivity index (χ0) is 14.5. The molecule has 1 saturated carbocycles. The third kappa shape index (κ3) is 3.39. The van der Waals surface area contributed by atoms with Crippen LogP contribution >= 0.6 is 0 Å². The lowest BCUT2D eigenvalue weighted by Crippen LogP contribution is -2.41. The monoisotopic (exact) mass is 289 g/mol. The fourth-order valence-electron chi connectivity index (χ4n) is 3.77. The minimum absolute atomic E-state index is 0.598. The van der Waals surface area contributed by atoms with E-state index in [9.17, 15) is 0 Å². The summed E-state index contributed by atoms with van der Waals surface area (Å²) in [5.41, 5.74) is 0.598. The Morgan fingerprint density at radius 2 is 2.19 bits per heavy atom. The molecule has 1 aliphatic heterocycles. The second kappa shape index (κ2) is 6.50. The average molecular weight is 289 g/mol. The summed E-state index contributed by atoms with van der Waals surface area (Å²) in [5, 5.41) is 3.46. The van der Waals surface area contributed by atoms with Crippen molar-refractivity contribution in [3.63, 3.8) is 0 Å². The van der Waals surface area contributed by atoms with Crippen LogP contribution in [-0.4, -0.2) is 46.6 Å². The highest BCUT2D eigenvalue weighted by atomic mass is 15.3. The smallest absolute Gasteiger partial charge is 0.193 e. The van der Waals surface area contributed by atoms with Gasteiger partial charge >= 0.3 is 0 Å². The molecule has 0 atom stereocenters. The van der Waals surface area contributed by atoms with Crippen molar-refractivity contribution in [2.24, 2.45) is 10.4 Å². The van der Waals surface area contributed by atoms with E-state index in [1.54, 1.807) is 0 Å². The van der Waals surface area contributed by atoms with Crippen LogP contribution in [0.5, 0.6) is 0 Å². The van der Waals surface area contributed by atoms with E-state index in [1.807, 2.05) is 18.7 Å². The van der Waals surface area contributed by atoms with Gasteiger partial charge in [0.25, 0.3) is 0 Å². The summed E-state index contributed by atoms with van der Waals surface area (Å²) >= 11 is 0. The number of aromatic nitrogens is 2. The summed E-state index contributed by atoms with van der Waals surface area (Å²) in [6.07, 6.45) is 12.7. The van der Waals surface area contributed by atoms with Gasteiger partial charge in [0.2, 0.25) is 0 Å². The molecule has 1 N–H and O–H groups in total. The Balaban J connectivity index is 1.58. The summed E-state index contributed by atoms with van der Waals surface area (Å²) in [7, 11) is 0. The maximum atomic E-state index is 4.81. The molecule has 0 unspecified atom stereocenters. The van der Waals surface area contributed by atoms with E-state index in [0.29, 0.717) is 5.41 Å². The summed E-state index contributed by atoms with van der Waals surface area (Å²) in [5.74, 6) is 1.10. The molecule has 5 heteroatoms. The molecule has 0 bridgehead atoms. The fourth-order valence-corrected chi connectivity index (χ4v) is 3.77. The van der Waals surface area contributed by atoms with Crippen LogP contribution in [0.2, 0.25) is 0 Å². The standard InChI is InChI=1S/C16H27N5/c1-2-18-15(19-9-12-20-11-8-17-14-20)21-10-7-16(13-21)5-3-4-6-16/h8,11,14H,2-7,9-10,12-13H2,1H3,(H,18,19). The number of nitrogens with zero attached hydrogens (tertiary/aromatic N) is 4. The first-order valence-corrected chi connectivity index (χ1v) is 8.30. The highest BCUT2D eigenvalue weighted by molar-refractivity contribution is 5.80. The molecule has 0 amide bonds. The lowest BCUT2D eigenvalue weighted by Gasteiger charge is -2.26. The molecule has 2 heterocycles. The van der Waals surface area contributed by atoms with Crippen LogP contribution in [0.25, 0.3) is 0 Å². The van der Waals surface area contributed by atoms with Crippen molar-refractivity contribution in [3.8, 4) is 0 Å². The highest BCUT2D eigenvalue weighted by Gasteiger charge is 2.40. The van der Waals surface area contributed by atoms with Gasteiger partial charge in [0.05, 0.1) is 12.9 Å². The van der Waals surface area contributed by atoms with Crippen molar-refractivity contribution in [1.82, 2.24) is 19.8 Å². The molecule has 2 aliphatic rings. The van der Waals surface area contributed by atoms with Crippen LogP contribution in [0.15, 0.2) is 23.7 Å². The molecular formula is C16H27N5. The molecule has 0 radical (unpaired) electrons. The zero-order valence-electron chi connectivity index (χ0n) is 13.1. The molecule has 1 aliphatic carbocycles. The summed E-state index contributed by atoms with van der Waals surface area (Å²) in [6.45, 7) is 7.15. The van der Waals surface area contributed by atoms with E-state index in [4.69, 9.17) is 4.99 Å². The van der Waals surface area contributed by atoms with Crippen LogP contribution in [0, 0.1) is 5.41 Å². The zero-order valence-corrected chi connectivity index (χ0v) is 13.1. The Bertz CT molecular complexity index is 459. The fraction of sp³-hybridized carbons (Fsp3) is 0.750. The molecule has 1 aromatic rings. The molecule has 1 spiro atoms. The second-order valence-electron chi connectivity index (χ2n) is 6.41. The van der Waals surface area contributed by atoms with Crippen molar-refractivity contribution >= 4 is 5.96 Å². The Labute approximate surface area is 127 Å². The van der Waals surface area contributed by atoms with E-state index in [-0.39, 0.29) is 0 Å². The van der Waals surface area contributed by atoms with Gasteiger partial charge < -0.3 is 14.8 Å². The Hall–Kier alpha value is -1.52. The number of aliphatic imine (C=N–C) groups is 1. The number of hydrogen-bond acceptors (Lipinski definition) is 2. The van der Waals surface area contributed by atoms with Crippen LogP contribution in [0.4, 0.5) is 0 Å². The van der Waals surface area contributed by atoms with Gasteiger partial charge in [0.1, 0.15) is 0 Å². The quantitative estimate of drug-likeness (QED) is 0.682. The minimum atomic E-state index is 0.598. The Kier molecular flexibility index (Phi) is 4.46. The molecule has 2 fully saturated rings. The van der Waals surface area contributed by atoms with Gasteiger partial charge in [-0.3, -0.25) is 4.99 Å². The van der Waals surface area contributed by atoms with Crippen molar-refractivity contribution in [2.45, 2.75) is 45.6 Å². The van der Waals surface area contributed by atoms with Gasteiger partial charge in [0, 0.05) is 38.6 Å². The number of nitrogens with one attached hydrogen (secondary N) is 1. The Morgan fingerprint density at radius 1 is 1.33 bits per heavy atom. The molecule has 3 rings (SSSR count). The first-order valence-electron chi connectivity index (χ1n) is 8.30. The Morgan fingerprint density at radius 3 is 2.90 bits per heavy atom. The van der Waals surface area contributed by atoms with E-state index < -0.39 is 0 Å². The van der Waals surface area contributed by atoms with E-state index in [0.717, 1.165) is 32.1 Å². The highest BCUT2D eigenvalue weighted by Crippen LogP contribution is 2.45.